The normalized spacial score (nSPS) is 16.4. The number of amides is 3. The average Bonchev–Trinajstić information content (AvgIpc) is 2.32. The van der Waals surface area contributed by atoms with Crippen LogP contribution in [-0.4, -0.2) is 53.0 Å². The Hall–Kier alpha value is -1.85. The van der Waals surface area contributed by atoms with Gasteiger partial charge in [-0.1, -0.05) is 6.58 Å². The van der Waals surface area contributed by atoms with E-state index in [0.717, 1.165) is 4.90 Å². The zero-order valence-corrected chi connectivity index (χ0v) is 7.69. The molecule has 6 heteroatoms. The van der Waals surface area contributed by atoms with E-state index >= 15 is 0 Å². The van der Waals surface area contributed by atoms with Crippen LogP contribution in [0.5, 0.6) is 0 Å². The summed E-state index contributed by atoms with van der Waals surface area (Å²) in [6.07, 6.45) is 0. The van der Waals surface area contributed by atoms with Crippen LogP contribution in [0.25, 0.3) is 0 Å². The Morgan fingerprint density at radius 2 is 2.14 bits per heavy atom. The summed E-state index contributed by atoms with van der Waals surface area (Å²) in [5, 5.41) is 8.52. The first-order chi connectivity index (χ1) is 6.43. The number of carbonyl (C=O) groups is 3. The van der Waals surface area contributed by atoms with Gasteiger partial charge in [0.05, 0.1) is 6.54 Å². The molecule has 0 radical (unpaired) electrons. The fourth-order valence-corrected chi connectivity index (χ4v) is 1.08. The number of hydrogen-bond donors (Lipinski definition) is 1. The molecule has 1 fully saturated rings. The van der Waals surface area contributed by atoms with Gasteiger partial charge in [-0.15, -0.1) is 0 Å². The number of imide groups is 1. The first-order valence-corrected chi connectivity index (χ1v) is 3.90. The highest BCUT2D eigenvalue weighted by Gasteiger charge is 2.34. The van der Waals surface area contributed by atoms with Crippen LogP contribution < -0.4 is 0 Å². The van der Waals surface area contributed by atoms with E-state index in [2.05, 4.69) is 6.58 Å². The number of urea groups is 1. The Morgan fingerprint density at radius 3 is 2.50 bits per heavy atom. The third-order valence-corrected chi connectivity index (χ3v) is 1.88. The van der Waals surface area contributed by atoms with Gasteiger partial charge in [-0.25, -0.2) is 9.59 Å². The Morgan fingerprint density at radius 1 is 1.57 bits per heavy atom. The molecule has 0 aromatic carbocycles. The van der Waals surface area contributed by atoms with Crippen molar-refractivity contribution < 1.29 is 19.5 Å². The molecule has 0 bridgehead atoms. The number of nitrogens with zero attached hydrogens (tertiary/aromatic N) is 2. The molecule has 0 atom stereocenters. The predicted molar refractivity (Wildman–Crippen MR) is 46.5 cm³/mol. The van der Waals surface area contributed by atoms with E-state index in [1.54, 1.807) is 0 Å². The molecule has 1 rings (SSSR count). The lowest BCUT2D eigenvalue weighted by Gasteiger charge is -2.13. The van der Waals surface area contributed by atoms with E-state index in [0.29, 0.717) is 0 Å². The molecule has 1 aliphatic heterocycles. The van der Waals surface area contributed by atoms with Crippen molar-refractivity contribution >= 4 is 17.9 Å². The number of carboxylic acid groups (broad SMARTS) is 1. The number of carbonyl (C=O) groups excluding carboxylic acids is 2. The number of hydrogen-bond acceptors (Lipinski definition) is 3. The number of aliphatic carboxylic acids is 1. The Labute approximate surface area is 80.4 Å². The van der Waals surface area contributed by atoms with E-state index in [-0.39, 0.29) is 18.7 Å². The molecule has 0 aromatic heterocycles. The minimum Gasteiger partial charge on any atom is -0.478 e. The van der Waals surface area contributed by atoms with Gasteiger partial charge in [-0.2, -0.15) is 0 Å². The molecule has 0 aliphatic carbocycles. The average molecular weight is 198 g/mol. The maximum absolute atomic E-state index is 11.3. The predicted octanol–water partition coefficient (Wildman–Crippen LogP) is -0.479. The molecule has 0 saturated carbocycles. The summed E-state index contributed by atoms with van der Waals surface area (Å²) in [7, 11) is 1.48. The van der Waals surface area contributed by atoms with E-state index in [9.17, 15) is 14.4 Å². The van der Waals surface area contributed by atoms with Gasteiger partial charge in [0, 0.05) is 12.6 Å². The molecule has 0 spiro atoms. The highest BCUT2D eigenvalue weighted by Crippen LogP contribution is 2.09. The third-order valence-electron chi connectivity index (χ3n) is 1.88. The molecule has 3 amide bonds. The Kier molecular flexibility index (Phi) is 2.55. The topological polar surface area (TPSA) is 77.9 Å². The quantitative estimate of drug-likeness (QED) is 0.490. The number of likely N-dealkylation sites (N-methyl/N-ethyl adjacent to an activating group) is 1. The molecular weight excluding hydrogens is 188 g/mol. The third kappa shape index (κ3) is 1.73. The standard InChI is InChI=1S/C8H10N2O4/c1-5(7(12)13)3-10-6(11)4-9(2)8(10)14/h1,3-4H2,2H3,(H,12,13). The fourth-order valence-electron chi connectivity index (χ4n) is 1.08. The van der Waals surface area contributed by atoms with Crippen molar-refractivity contribution in [2.75, 3.05) is 20.1 Å². The second-order valence-electron chi connectivity index (χ2n) is 3.03. The second-order valence-corrected chi connectivity index (χ2v) is 3.03. The van der Waals surface area contributed by atoms with Crippen LogP contribution in [0.2, 0.25) is 0 Å². The minimum absolute atomic E-state index is 0.00820. The summed E-state index contributed by atoms with van der Waals surface area (Å²) < 4.78 is 0. The van der Waals surface area contributed by atoms with Gasteiger partial charge in [0.15, 0.2) is 0 Å². The van der Waals surface area contributed by atoms with Crippen LogP contribution in [0.3, 0.4) is 0 Å². The molecule has 1 heterocycles. The molecule has 1 saturated heterocycles. The van der Waals surface area contributed by atoms with E-state index in [1.807, 2.05) is 0 Å². The van der Waals surface area contributed by atoms with Crippen LogP contribution in [0.15, 0.2) is 12.2 Å². The van der Waals surface area contributed by atoms with Crippen molar-refractivity contribution in [3.05, 3.63) is 12.2 Å². The molecule has 1 aliphatic rings. The van der Waals surface area contributed by atoms with Crippen LogP contribution in [0.4, 0.5) is 4.79 Å². The highest BCUT2D eigenvalue weighted by molar-refractivity contribution is 6.03. The summed E-state index contributed by atoms with van der Waals surface area (Å²) in [4.78, 5) is 35.0. The highest BCUT2D eigenvalue weighted by atomic mass is 16.4. The zero-order valence-electron chi connectivity index (χ0n) is 7.69. The van der Waals surface area contributed by atoms with Gasteiger partial charge in [0.2, 0.25) is 0 Å². The largest absolute Gasteiger partial charge is 0.478 e. The lowest BCUT2D eigenvalue weighted by Crippen LogP contribution is -2.34. The fraction of sp³-hybridized carbons (Fsp3) is 0.375. The van der Waals surface area contributed by atoms with Crippen LogP contribution in [-0.2, 0) is 9.59 Å². The van der Waals surface area contributed by atoms with E-state index in [4.69, 9.17) is 5.11 Å². The monoisotopic (exact) mass is 198 g/mol. The summed E-state index contributed by atoms with van der Waals surface area (Å²) in [6, 6.07) is -0.489. The van der Waals surface area contributed by atoms with E-state index < -0.39 is 17.9 Å². The summed E-state index contributed by atoms with van der Waals surface area (Å²) in [5.41, 5.74) is -0.179. The maximum atomic E-state index is 11.3. The first kappa shape index (κ1) is 10.2. The van der Waals surface area contributed by atoms with Crippen molar-refractivity contribution in [1.29, 1.82) is 0 Å². The molecular formula is C8H10N2O4. The smallest absolute Gasteiger partial charge is 0.332 e. The summed E-state index contributed by atoms with van der Waals surface area (Å²) >= 11 is 0. The van der Waals surface area contributed by atoms with Crippen molar-refractivity contribution in [3.8, 4) is 0 Å². The van der Waals surface area contributed by atoms with Crippen LogP contribution >= 0.6 is 0 Å². The minimum atomic E-state index is -1.21. The van der Waals surface area contributed by atoms with Gasteiger partial charge in [0.25, 0.3) is 5.91 Å². The summed E-state index contributed by atoms with van der Waals surface area (Å²) in [6.45, 7) is 2.99. The zero-order chi connectivity index (χ0) is 10.9. The first-order valence-electron chi connectivity index (χ1n) is 3.90. The lowest BCUT2D eigenvalue weighted by atomic mass is 10.3. The van der Waals surface area contributed by atoms with Gasteiger partial charge in [0.1, 0.15) is 6.54 Å². The molecule has 0 aromatic rings. The van der Waals surface area contributed by atoms with Crippen molar-refractivity contribution in [2.24, 2.45) is 0 Å². The van der Waals surface area contributed by atoms with Crippen molar-refractivity contribution in [3.63, 3.8) is 0 Å². The molecule has 1 N–H and O–H groups in total. The van der Waals surface area contributed by atoms with Gasteiger partial charge in [-0.3, -0.25) is 9.69 Å². The lowest BCUT2D eigenvalue weighted by molar-refractivity contribution is -0.133. The SMILES string of the molecule is C=C(CN1C(=O)CN(C)C1=O)C(=O)O. The summed E-state index contributed by atoms with van der Waals surface area (Å²) in [5.74, 6) is -1.61. The van der Waals surface area contributed by atoms with Gasteiger partial charge >= 0.3 is 12.0 Å². The van der Waals surface area contributed by atoms with Gasteiger partial charge in [-0.05, 0) is 0 Å². The molecule has 76 valence electrons. The Balaban J connectivity index is 2.70. The molecule has 0 unspecified atom stereocenters. The number of carboxylic acids is 1. The Bertz CT molecular complexity index is 323. The van der Waals surface area contributed by atoms with Crippen molar-refractivity contribution in [1.82, 2.24) is 9.80 Å². The molecule has 14 heavy (non-hydrogen) atoms. The van der Waals surface area contributed by atoms with Crippen LogP contribution in [0.1, 0.15) is 0 Å². The van der Waals surface area contributed by atoms with Crippen molar-refractivity contribution in [2.45, 2.75) is 0 Å². The number of rotatable bonds is 3. The van der Waals surface area contributed by atoms with Gasteiger partial charge < -0.3 is 10.0 Å². The maximum Gasteiger partial charge on any atom is 0.332 e. The molecule has 6 nitrogen and oxygen atoms in total. The van der Waals surface area contributed by atoms with Crippen LogP contribution in [0, 0.1) is 0 Å². The van der Waals surface area contributed by atoms with E-state index in [1.165, 1.54) is 11.9 Å². The second kappa shape index (κ2) is 3.49.